The zero-order valence-corrected chi connectivity index (χ0v) is 14.3. The van der Waals surface area contributed by atoms with Gasteiger partial charge in [-0.1, -0.05) is 6.92 Å². The SMILES string of the molecule is CCCNC(=O)C(C)OC(=O)c1ccc2[nH]c3c(c2c1)CCCC3. The quantitative estimate of drug-likeness (QED) is 0.829. The van der Waals surface area contributed by atoms with Crippen LogP contribution in [0.1, 0.15) is 54.7 Å². The van der Waals surface area contributed by atoms with E-state index in [0.29, 0.717) is 12.1 Å². The number of hydrogen-bond donors (Lipinski definition) is 2. The van der Waals surface area contributed by atoms with Crippen LogP contribution in [0, 0.1) is 0 Å². The van der Waals surface area contributed by atoms with Crippen LogP contribution >= 0.6 is 0 Å². The zero-order valence-electron chi connectivity index (χ0n) is 14.3. The lowest BCUT2D eigenvalue weighted by atomic mass is 9.95. The summed E-state index contributed by atoms with van der Waals surface area (Å²) in [5.74, 6) is -0.716. The van der Waals surface area contributed by atoms with Gasteiger partial charge in [0.1, 0.15) is 0 Å². The summed E-state index contributed by atoms with van der Waals surface area (Å²) < 4.78 is 5.30. The van der Waals surface area contributed by atoms with Gasteiger partial charge in [0.05, 0.1) is 5.56 Å². The van der Waals surface area contributed by atoms with Gasteiger partial charge in [-0.05, 0) is 62.8 Å². The number of fused-ring (bicyclic) bond motifs is 3. The third kappa shape index (κ3) is 3.30. The molecule has 1 aliphatic carbocycles. The third-order valence-corrected chi connectivity index (χ3v) is 4.54. The Balaban J connectivity index is 1.76. The van der Waals surface area contributed by atoms with Crippen LogP contribution in [0.25, 0.3) is 10.9 Å². The van der Waals surface area contributed by atoms with E-state index in [0.717, 1.165) is 30.2 Å². The Morgan fingerprint density at radius 1 is 1.29 bits per heavy atom. The maximum Gasteiger partial charge on any atom is 0.338 e. The molecule has 0 radical (unpaired) electrons. The maximum atomic E-state index is 12.4. The molecule has 2 aromatic rings. The summed E-state index contributed by atoms with van der Waals surface area (Å²) in [4.78, 5) is 27.6. The Kier molecular flexibility index (Phi) is 4.88. The number of carbonyl (C=O) groups is 2. The summed E-state index contributed by atoms with van der Waals surface area (Å²) in [7, 11) is 0. The molecule has 0 fully saturated rings. The van der Waals surface area contributed by atoms with Gasteiger partial charge >= 0.3 is 5.97 Å². The molecule has 1 amide bonds. The minimum Gasteiger partial charge on any atom is -0.449 e. The van der Waals surface area contributed by atoms with Crippen molar-refractivity contribution in [2.24, 2.45) is 0 Å². The molecule has 0 bridgehead atoms. The highest BCUT2D eigenvalue weighted by Gasteiger charge is 2.20. The second kappa shape index (κ2) is 7.07. The number of aryl methyl sites for hydroxylation is 2. The summed E-state index contributed by atoms with van der Waals surface area (Å²) in [6.07, 6.45) is 4.56. The molecule has 1 aliphatic rings. The van der Waals surface area contributed by atoms with Gasteiger partial charge in [0, 0.05) is 23.1 Å². The number of H-pyrrole nitrogens is 1. The standard InChI is InChI=1S/C19H24N2O3/c1-3-10-20-18(22)12(2)24-19(23)13-8-9-17-15(11-13)14-6-4-5-7-16(14)21-17/h8-9,11-12,21H,3-7,10H2,1-2H3,(H,20,22). The van der Waals surface area contributed by atoms with E-state index >= 15 is 0 Å². The van der Waals surface area contributed by atoms with Crippen molar-refractivity contribution >= 4 is 22.8 Å². The Morgan fingerprint density at radius 2 is 2.08 bits per heavy atom. The molecule has 0 spiro atoms. The van der Waals surface area contributed by atoms with Gasteiger partial charge < -0.3 is 15.0 Å². The highest BCUT2D eigenvalue weighted by Crippen LogP contribution is 2.29. The Bertz CT molecular complexity index is 763. The average molecular weight is 328 g/mol. The first kappa shape index (κ1) is 16.6. The number of benzene rings is 1. The van der Waals surface area contributed by atoms with E-state index in [1.54, 1.807) is 13.0 Å². The van der Waals surface area contributed by atoms with Crippen LogP contribution in [-0.2, 0) is 22.4 Å². The topological polar surface area (TPSA) is 71.2 Å². The van der Waals surface area contributed by atoms with Gasteiger partial charge in [0.25, 0.3) is 5.91 Å². The van der Waals surface area contributed by atoms with Gasteiger partial charge in [-0.25, -0.2) is 4.79 Å². The monoisotopic (exact) mass is 328 g/mol. The molecule has 0 aliphatic heterocycles. The molecule has 24 heavy (non-hydrogen) atoms. The van der Waals surface area contributed by atoms with Crippen LogP contribution in [0.15, 0.2) is 18.2 Å². The van der Waals surface area contributed by atoms with Crippen molar-refractivity contribution in [3.63, 3.8) is 0 Å². The number of hydrogen-bond acceptors (Lipinski definition) is 3. The molecule has 1 heterocycles. The lowest BCUT2D eigenvalue weighted by molar-refractivity contribution is -0.129. The van der Waals surface area contributed by atoms with Crippen LogP contribution in [0.4, 0.5) is 0 Å². The normalized spacial score (nSPS) is 14.9. The van der Waals surface area contributed by atoms with E-state index < -0.39 is 12.1 Å². The predicted octanol–water partition coefficient (Wildman–Crippen LogP) is 3.12. The molecule has 1 aromatic carbocycles. The van der Waals surface area contributed by atoms with E-state index in [2.05, 4.69) is 10.3 Å². The number of ether oxygens (including phenoxy) is 1. The van der Waals surface area contributed by atoms with Crippen LogP contribution in [0.5, 0.6) is 0 Å². The molecule has 0 saturated heterocycles. The molecule has 3 rings (SSSR count). The van der Waals surface area contributed by atoms with Gasteiger partial charge in [0.15, 0.2) is 6.10 Å². The maximum absolute atomic E-state index is 12.4. The third-order valence-electron chi connectivity index (χ3n) is 4.54. The first-order valence-electron chi connectivity index (χ1n) is 8.72. The summed E-state index contributed by atoms with van der Waals surface area (Å²) >= 11 is 0. The molecule has 1 unspecified atom stereocenters. The van der Waals surface area contributed by atoms with E-state index in [1.165, 1.54) is 24.1 Å². The fraction of sp³-hybridized carbons (Fsp3) is 0.474. The van der Waals surface area contributed by atoms with Gasteiger partial charge in [-0.15, -0.1) is 0 Å². The summed E-state index contributed by atoms with van der Waals surface area (Å²) in [6.45, 7) is 4.16. The molecule has 5 heteroatoms. The van der Waals surface area contributed by atoms with Crippen molar-refractivity contribution < 1.29 is 14.3 Å². The highest BCUT2D eigenvalue weighted by molar-refractivity contribution is 5.97. The lowest BCUT2D eigenvalue weighted by Crippen LogP contribution is -2.36. The van der Waals surface area contributed by atoms with E-state index in [9.17, 15) is 9.59 Å². The Morgan fingerprint density at radius 3 is 2.88 bits per heavy atom. The number of esters is 1. The van der Waals surface area contributed by atoms with Crippen molar-refractivity contribution in [2.45, 2.75) is 52.1 Å². The van der Waals surface area contributed by atoms with Crippen LogP contribution < -0.4 is 5.32 Å². The molecular formula is C19H24N2O3. The predicted molar refractivity (Wildman–Crippen MR) is 93.1 cm³/mol. The average Bonchev–Trinajstić information content (AvgIpc) is 2.97. The first-order chi connectivity index (χ1) is 11.6. The van der Waals surface area contributed by atoms with Crippen molar-refractivity contribution in [1.29, 1.82) is 0 Å². The minimum atomic E-state index is -0.792. The minimum absolute atomic E-state index is 0.259. The fourth-order valence-corrected chi connectivity index (χ4v) is 3.21. The second-order valence-corrected chi connectivity index (χ2v) is 6.39. The fourth-order valence-electron chi connectivity index (χ4n) is 3.21. The van der Waals surface area contributed by atoms with Gasteiger partial charge in [-0.3, -0.25) is 4.79 Å². The largest absolute Gasteiger partial charge is 0.449 e. The molecule has 5 nitrogen and oxygen atoms in total. The van der Waals surface area contributed by atoms with Crippen LogP contribution in [-0.4, -0.2) is 29.5 Å². The molecule has 128 valence electrons. The molecule has 2 N–H and O–H groups in total. The Hall–Kier alpha value is -2.30. The second-order valence-electron chi connectivity index (χ2n) is 6.39. The first-order valence-corrected chi connectivity index (χ1v) is 8.72. The highest BCUT2D eigenvalue weighted by atomic mass is 16.5. The van der Waals surface area contributed by atoms with E-state index in [-0.39, 0.29) is 5.91 Å². The molecule has 1 atom stereocenters. The smallest absolute Gasteiger partial charge is 0.338 e. The molecule has 1 aromatic heterocycles. The number of amides is 1. The van der Waals surface area contributed by atoms with Crippen molar-refractivity contribution in [2.75, 3.05) is 6.54 Å². The number of nitrogens with one attached hydrogen (secondary N) is 2. The zero-order chi connectivity index (χ0) is 17.1. The van der Waals surface area contributed by atoms with Crippen molar-refractivity contribution in [1.82, 2.24) is 10.3 Å². The van der Waals surface area contributed by atoms with E-state index in [4.69, 9.17) is 4.74 Å². The van der Waals surface area contributed by atoms with Crippen LogP contribution in [0.2, 0.25) is 0 Å². The summed E-state index contributed by atoms with van der Waals surface area (Å²) in [5, 5.41) is 3.83. The Labute approximate surface area is 141 Å². The van der Waals surface area contributed by atoms with Gasteiger partial charge in [0.2, 0.25) is 0 Å². The lowest BCUT2D eigenvalue weighted by Gasteiger charge is -2.13. The van der Waals surface area contributed by atoms with Crippen molar-refractivity contribution in [3.05, 3.63) is 35.0 Å². The van der Waals surface area contributed by atoms with E-state index in [1.807, 2.05) is 19.1 Å². The van der Waals surface area contributed by atoms with Crippen LogP contribution in [0.3, 0.4) is 0 Å². The number of aromatic nitrogens is 1. The number of aromatic amines is 1. The number of carbonyl (C=O) groups excluding carboxylic acids is 2. The summed E-state index contributed by atoms with van der Waals surface area (Å²) in [6, 6.07) is 5.56. The number of rotatable bonds is 5. The molecular weight excluding hydrogens is 304 g/mol. The van der Waals surface area contributed by atoms with Gasteiger partial charge in [-0.2, -0.15) is 0 Å². The van der Waals surface area contributed by atoms with Crippen molar-refractivity contribution in [3.8, 4) is 0 Å². The summed E-state index contributed by atoms with van der Waals surface area (Å²) in [5.41, 5.74) is 4.16. The molecule has 0 saturated carbocycles.